The summed E-state index contributed by atoms with van der Waals surface area (Å²) in [5.41, 5.74) is 1.72. The smallest absolute Gasteiger partial charge is 0.251 e. The van der Waals surface area contributed by atoms with Gasteiger partial charge in [0.2, 0.25) is 23.6 Å². The lowest BCUT2D eigenvalue weighted by Gasteiger charge is -2.38. The number of carbonyl (C=O) groups is 5. The van der Waals surface area contributed by atoms with E-state index in [9.17, 15) is 24.0 Å². The molecule has 2 saturated heterocycles. The molecule has 1 aromatic carbocycles. The lowest BCUT2D eigenvalue weighted by molar-refractivity contribution is -0.157. The van der Waals surface area contributed by atoms with Gasteiger partial charge in [-0.3, -0.25) is 28.7 Å². The third-order valence-electron chi connectivity index (χ3n) is 7.85. The second kappa shape index (κ2) is 15.0. The Morgan fingerprint density at radius 2 is 1.75 bits per heavy atom. The summed E-state index contributed by atoms with van der Waals surface area (Å²) in [6.45, 7) is 3.80. The van der Waals surface area contributed by atoms with E-state index in [0.717, 1.165) is 11.3 Å². The van der Waals surface area contributed by atoms with Crippen LogP contribution in [0.2, 0.25) is 0 Å². The second-order valence-corrected chi connectivity index (χ2v) is 11.9. The van der Waals surface area contributed by atoms with Crippen LogP contribution in [0, 0.1) is 5.92 Å². The van der Waals surface area contributed by atoms with E-state index in [2.05, 4.69) is 21.0 Å². The molecular weight excluding hydrogens is 566 g/mol. The summed E-state index contributed by atoms with van der Waals surface area (Å²) in [5.74, 6) is -1.96. The predicted octanol–water partition coefficient (Wildman–Crippen LogP) is -0.205. The molecule has 2 bridgehead atoms. The number of hydrogen-bond donors (Lipinski definition) is 3. The Morgan fingerprint density at radius 1 is 1.00 bits per heavy atom. The maximum atomic E-state index is 13.7. The van der Waals surface area contributed by atoms with E-state index in [4.69, 9.17) is 4.74 Å². The minimum atomic E-state index is -1.07. The van der Waals surface area contributed by atoms with Gasteiger partial charge in [0.15, 0.2) is 6.10 Å². The Bertz CT molecular complexity index is 1330. The van der Waals surface area contributed by atoms with Crippen molar-refractivity contribution in [3.8, 4) is 0 Å². The van der Waals surface area contributed by atoms with Crippen LogP contribution >= 0.6 is 0 Å². The van der Waals surface area contributed by atoms with Crippen molar-refractivity contribution >= 4 is 29.5 Å². The van der Waals surface area contributed by atoms with Crippen LogP contribution < -0.4 is 16.0 Å². The molecule has 44 heavy (non-hydrogen) atoms. The van der Waals surface area contributed by atoms with Gasteiger partial charge in [0.05, 0.1) is 19.2 Å². The largest absolute Gasteiger partial charge is 0.360 e. The average Bonchev–Trinajstić information content (AvgIpc) is 3.41. The van der Waals surface area contributed by atoms with E-state index in [-0.39, 0.29) is 50.8 Å². The maximum Gasteiger partial charge on any atom is 0.251 e. The Labute approximate surface area is 257 Å². The number of fused-ring (bicyclic) bond motifs is 2. The third-order valence-corrected chi connectivity index (χ3v) is 7.85. The summed E-state index contributed by atoms with van der Waals surface area (Å²) in [6, 6.07) is 9.28. The van der Waals surface area contributed by atoms with Crippen LogP contribution in [-0.4, -0.2) is 107 Å². The van der Waals surface area contributed by atoms with E-state index < -0.39 is 47.9 Å². The molecule has 238 valence electrons. The second-order valence-electron chi connectivity index (χ2n) is 11.9. The van der Waals surface area contributed by atoms with Crippen molar-refractivity contribution < 1.29 is 28.7 Å². The summed E-state index contributed by atoms with van der Waals surface area (Å²) in [7, 11) is 3.29. The van der Waals surface area contributed by atoms with E-state index in [1.807, 2.05) is 57.3 Å². The summed E-state index contributed by atoms with van der Waals surface area (Å²) in [5, 5.41) is 12.6. The molecule has 3 N–H and O–H groups in total. The highest BCUT2D eigenvalue weighted by molar-refractivity contribution is 5.93. The van der Waals surface area contributed by atoms with Gasteiger partial charge in [-0.1, -0.05) is 44.2 Å². The van der Waals surface area contributed by atoms with Gasteiger partial charge in [0.1, 0.15) is 12.1 Å². The lowest BCUT2D eigenvalue weighted by Crippen LogP contribution is -2.59. The molecule has 2 aromatic rings. The number of hydrogen-bond acceptors (Lipinski definition) is 7. The third kappa shape index (κ3) is 8.88. The lowest BCUT2D eigenvalue weighted by atomic mass is 10.0. The Balaban J connectivity index is 1.59. The van der Waals surface area contributed by atoms with Crippen molar-refractivity contribution in [2.24, 2.45) is 13.0 Å². The monoisotopic (exact) mass is 609 g/mol. The average molecular weight is 610 g/mol. The van der Waals surface area contributed by atoms with Crippen molar-refractivity contribution in [2.45, 2.75) is 63.8 Å². The molecule has 0 radical (unpaired) electrons. The van der Waals surface area contributed by atoms with Crippen LogP contribution in [0.25, 0.3) is 0 Å². The highest BCUT2D eigenvalue weighted by Gasteiger charge is 2.37. The van der Waals surface area contributed by atoms with E-state index in [0.29, 0.717) is 12.8 Å². The Hall–Kier alpha value is -4.26. The highest BCUT2D eigenvalue weighted by atomic mass is 16.5. The topological polar surface area (TPSA) is 155 Å². The van der Waals surface area contributed by atoms with Gasteiger partial charge in [-0.2, -0.15) is 5.10 Å². The van der Waals surface area contributed by atoms with Crippen LogP contribution in [0.15, 0.2) is 42.6 Å². The Kier molecular flexibility index (Phi) is 11.1. The van der Waals surface area contributed by atoms with Gasteiger partial charge in [-0.25, -0.2) is 0 Å². The zero-order chi connectivity index (χ0) is 31.8. The SMILES string of the molecule is CC(C)C[C@@H]1NC(=O)CN(C)C(=O)[C@@H](Cc2ccccc2)NC(=O)[C@H]2CN(C(=O)CCc3ccnn3C)C[C@@H](CNC1=O)O2. The first kappa shape index (κ1) is 32.6. The van der Waals surface area contributed by atoms with Crippen molar-refractivity contribution in [2.75, 3.05) is 33.2 Å². The van der Waals surface area contributed by atoms with E-state index in [1.54, 1.807) is 15.8 Å². The molecule has 0 aliphatic carbocycles. The molecule has 4 atom stereocenters. The summed E-state index contributed by atoms with van der Waals surface area (Å²) in [4.78, 5) is 69.6. The quantitative estimate of drug-likeness (QED) is 0.393. The van der Waals surface area contributed by atoms with Crippen molar-refractivity contribution in [1.29, 1.82) is 0 Å². The molecule has 3 heterocycles. The number of likely N-dealkylation sites (N-methyl/N-ethyl adjacent to an activating group) is 1. The molecular formula is C31H43N7O6. The van der Waals surface area contributed by atoms with Gasteiger partial charge >= 0.3 is 0 Å². The van der Waals surface area contributed by atoms with E-state index in [1.165, 1.54) is 11.9 Å². The first-order valence-corrected chi connectivity index (χ1v) is 15.1. The molecule has 0 spiro atoms. The first-order chi connectivity index (χ1) is 21.0. The number of carbonyl (C=O) groups excluding carboxylic acids is 5. The summed E-state index contributed by atoms with van der Waals surface area (Å²) >= 11 is 0. The Morgan fingerprint density at radius 3 is 2.43 bits per heavy atom. The fourth-order valence-electron chi connectivity index (χ4n) is 5.49. The molecule has 5 amide bonds. The maximum absolute atomic E-state index is 13.7. The van der Waals surface area contributed by atoms with E-state index >= 15 is 0 Å². The standard InChI is InChI=1S/C31H43N7O6/c1-20(2)14-24-29(41)32-16-23-17-38(28(40)11-10-22-12-13-33-37(22)4)18-26(44-23)30(42)35-25(15-21-8-6-5-7-9-21)31(43)36(3)19-27(39)34-24/h5-9,12-13,20,23-26H,10-11,14-19H2,1-4H3,(H,32,41)(H,34,39)(H,35,42)/t23-,24+,25-,26-/m1/s1. The fourth-order valence-corrected chi connectivity index (χ4v) is 5.49. The van der Waals surface area contributed by atoms with Crippen LogP contribution in [0.1, 0.15) is 37.9 Å². The molecule has 0 unspecified atom stereocenters. The molecule has 2 aliphatic rings. The number of ether oxygens (including phenoxy) is 1. The van der Waals surface area contributed by atoms with Crippen molar-refractivity contribution in [1.82, 2.24) is 35.5 Å². The molecule has 1 aromatic heterocycles. The van der Waals surface area contributed by atoms with Gasteiger partial charge in [0, 0.05) is 51.9 Å². The predicted molar refractivity (Wildman–Crippen MR) is 161 cm³/mol. The molecule has 0 saturated carbocycles. The van der Waals surface area contributed by atoms with Crippen molar-refractivity contribution in [3.63, 3.8) is 0 Å². The molecule has 4 rings (SSSR count). The molecule has 13 heteroatoms. The minimum Gasteiger partial charge on any atom is -0.360 e. The number of nitrogens with one attached hydrogen (secondary N) is 3. The number of nitrogens with zero attached hydrogens (tertiary/aromatic N) is 4. The number of aromatic nitrogens is 2. The zero-order valence-corrected chi connectivity index (χ0v) is 25.8. The first-order valence-electron chi connectivity index (χ1n) is 15.1. The van der Waals surface area contributed by atoms with Gasteiger partial charge < -0.3 is 30.5 Å². The number of benzene rings is 1. The summed E-state index contributed by atoms with van der Waals surface area (Å²) < 4.78 is 7.83. The normalized spacial score (nSPS) is 23.8. The number of amides is 5. The van der Waals surface area contributed by atoms with Crippen molar-refractivity contribution in [3.05, 3.63) is 53.9 Å². The number of rotatable bonds is 7. The van der Waals surface area contributed by atoms with Gasteiger partial charge in [-0.05, 0) is 30.4 Å². The summed E-state index contributed by atoms with van der Waals surface area (Å²) in [6.07, 6.45) is 1.17. The number of morpholine rings is 1. The number of aryl methyl sites for hydroxylation is 2. The highest BCUT2D eigenvalue weighted by Crippen LogP contribution is 2.16. The van der Waals surface area contributed by atoms with Crippen LogP contribution in [0.5, 0.6) is 0 Å². The molecule has 2 aliphatic heterocycles. The minimum absolute atomic E-state index is 0.00139. The molecule has 2 fully saturated rings. The van der Waals surface area contributed by atoms with Crippen LogP contribution in [0.3, 0.4) is 0 Å². The fraction of sp³-hybridized carbons (Fsp3) is 0.548. The van der Waals surface area contributed by atoms with Gasteiger partial charge in [-0.15, -0.1) is 0 Å². The van der Waals surface area contributed by atoms with Crippen LogP contribution in [0.4, 0.5) is 0 Å². The van der Waals surface area contributed by atoms with Gasteiger partial charge in [0.25, 0.3) is 5.91 Å². The molecule has 13 nitrogen and oxygen atoms in total. The zero-order valence-electron chi connectivity index (χ0n) is 25.8. The van der Waals surface area contributed by atoms with Crippen LogP contribution in [-0.2, 0) is 48.6 Å².